The SMILES string of the molecule is O=c1[nH]nc(-c2cc(Cl)ccc2O)c2ccccc12. The number of hydrogen-bond acceptors (Lipinski definition) is 3. The van der Waals surface area contributed by atoms with E-state index in [9.17, 15) is 9.90 Å². The van der Waals surface area contributed by atoms with Crippen LogP contribution in [0.4, 0.5) is 0 Å². The van der Waals surface area contributed by atoms with E-state index in [0.717, 1.165) is 0 Å². The maximum Gasteiger partial charge on any atom is 0.272 e. The lowest BCUT2D eigenvalue weighted by Crippen LogP contribution is -2.09. The van der Waals surface area contributed by atoms with Crippen LogP contribution in [0.3, 0.4) is 0 Å². The molecule has 3 rings (SSSR count). The number of phenolic OH excluding ortho intramolecular Hbond substituents is 1. The average Bonchev–Trinajstić information content (AvgIpc) is 2.43. The first-order valence-corrected chi connectivity index (χ1v) is 6.01. The van der Waals surface area contributed by atoms with Gasteiger partial charge in [-0.25, -0.2) is 5.10 Å². The van der Waals surface area contributed by atoms with Crippen LogP contribution >= 0.6 is 11.6 Å². The molecular formula is C14H9ClN2O2. The predicted octanol–water partition coefficient (Wildman–Crippen LogP) is 2.95. The lowest BCUT2D eigenvalue weighted by molar-refractivity contribution is 0.477. The van der Waals surface area contributed by atoms with Gasteiger partial charge in [0.05, 0.1) is 5.39 Å². The third kappa shape index (κ3) is 1.96. The summed E-state index contributed by atoms with van der Waals surface area (Å²) >= 11 is 5.94. The average molecular weight is 273 g/mol. The molecule has 0 saturated heterocycles. The molecule has 0 atom stereocenters. The third-order valence-electron chi connectivity index (χ3n) is 2.91. The number of aromatic amines is 1. The molecule has 5 heteroatoms. The van der Waals surface area contributed by atoms with E-state index in [1.54, 1.807) is 30.3 Å². The molecule has 0 aliphatic carbocycles. The van der Waals surface area contributed by atoms with Gasteiger partial charge in [-0.1, -0.05) is 29.8 Å². The highest BCUT2D eigenvalue weighted by Gasteiger charge is 2.12. The molecule has 3 aromatic rings. The molecule has 0 spiro atoms. The summed E-state index contributed by atoms with van der Waals surface area (Å²) in [6, 6.07) is 11.8. The minimum Gasteiger partial charge on any atom is -0.507 e. The lowest BCUT2D eigenvalue weighted by Gasteiger charge is -2.07. The number of rotatable bonds is 1. The van der Waals surface area contributed by atoms with Gasteiger partial charge in [0.2, 0.25) is 0 Å². The Morgan fingerprint density at radius 1 is 1.11 bits per heavy atom. The Kier molecular flexibility index (Phi) is 2.72. The van der Waals surface area contributed by atoms with Gasteiger partial charge in [-0.3, -0.25) is 4.79 Å². The van der Waals surface area contributed by atoms with Crippen molar-refractivity contribution in [2.24, 2.45) is 0 Å². The smallest absolute Gasteiger partial charge is 0.272 e. The highest BCUT2D eigenvalue weighted by molar-refractivity contribution is 6.31. The zero-order valence-corrected chi connectivity index (χ0v) is 10.5. The highest BCUT2D eigenvalue weighted by Crippen LogP contribution is 2.33. The fourth-order valence-corrected chi connectivity index (χ4v) is 2.19. The predicted molar refractivity (Wildman–Crippen MR) is 74.5 cm³/mol. The van der Waals surface area contributed by atoms with Crippen molar-refractivity contribution < 1.29 is 5.11 Å². The highest BCUT2D eigenvalue weighted by atomic mass is 35.5. The molecule has 0 bridgehead atoms. The second-order valence-electron chi connectivity index (χ2n) is 4.11. The molecule has 0 saturated carbocycles. The van der Waals surface area contributed by atoms with Crippen molar-refractivity contribution in [3.8, 4) is 17.0 Å². The fraction of sp³-hybridized carbons (Fsp3) is 0. The summed E-state index contributed by atoms with van der Waals surface area (Å²) in [5.74, 6) is 0.0640. The molecule has 2 N–H and O–H groups in total. The maximum absolute atomic E-state index is 11.7. The first-order chi connectivity index (χ1) is 9.16. The number of nitrogens with one attached hydrogen (secondary N) is 1. The Bertz CT molecular complexity index is 827. The van der Waals surface area contributed by atoms with Crippen LogP contribution in [0.5, 0.6) is 5.75 Å². The molecule has 19 heavy (non-hydrogen) atoms. The Balaban J connectivity index is 2.41. The number of phenols is 1. The third-order valence-corrected chi connectivity index (χ3v) is 3.14. The molecule has 0 aliphatic rings. The van der Waals surface area contributed by atoms with Gasteiger partial charge in [-0.15, -0.1) is 0 Å². The van der Waals surface area contributed by atoms with Crippen LogP contribution in [0.25, 0.3) is 22.0 Å². The number of halogens is 1. The van der Waals surface area contributed by atoms with Gasteiger partial charge in [0.15, 0.2) is 0 Å². The van der Waals surface area contributed by atoms with Gasteiger partial charge in [0, 0.05) is 16.0 Å². The van der Waals surface area contributed by atoms with Crippen molar-refractivity contribution in [2.75, 3.05) is 0 Å². The van der Waals surface area contributed by atoms with Crippen LogP contribution in [0.1, 0.15) is 0 Å². The fourth-order valence-electron chi connectivity index (χ4n) is 2.02. The second-order valence-corrected chi connectivity index (χ2v) is 4.54. The topological polar surface area (TPSA) is 66.0 Å². The zero-order chi connectivity index (χ0) is 13.4. The van der Waals surface area contributed by atoms with Crippen molar-refractivity contribution in [3.05, 3.63) is 57.8 Å². The molecular weight excluding hydrogens is 264 g/mol. The van der Waals surface area contributed by atoms with Crippen LogP contribution in [-0.4, -0.2) is 15.3 Å². The summed E-state index contributed by atoms with van der Waals surface area (Å²) in [5.41, 5.74) is 0.719. The summed E-state index contributed by atoms with van der Waals surface area (Å²) in [6.45, 7) is 0. The molecule has 4 nitrogen and oxygen atoms in total. The normalized spacial score (nSPS) is 10.8. The van der Waals surface area contributed by atoms with E-state index in [1.165, 1.54) is 6.07 Å². The first-order valence-electron chi connectivity index (χ1n) is 5.63. The van der Waals surface area contributed by atoms with Gasteiger partial charge in [-0.2, -0.15) is 5.10 Å². The van der Waals surface area contributed by atoms with E-state index in [1.807, 2.05) is 6.07 Å². The van der Waals surface area contributed by atoms with Crippen molar-refractivity contribution in [1.29, 1.82) is 0 Å². The van der Waals surface area contributed by atoms with E-state index in [0.29, 0.717) is 27.1 Å². The maximum atomic E-state index is 11.7. The number of H-pyrrole nitrogens is 1. The van der Waals surface area contributed by atoms with Crippen LogP contribution in [-0.2, 0) is 0 Å². The molecule has 1 aromatic heterocycles. The van der Waals surface area contributed by atoms with Gasteiger partial charge in [-0.05, 0) is 24.3 Å². The Morgan fingerprint density at radius 2 is 1.84 bits per heavy atom. The summed E-state index contributed by atoms with van der Waals surface area (Å²) < 4.78 is 0. The van der Waals surface area contributed by atoms with Crippen LogP contribution in [0, 0.1) is 0 Å². The first kappa shape index (κ1) is 11.7. The summed E-state index contributed by atoms with van der Waals surface area (Å²) in [7, 11) is 0. The number of aromatic hydroxyl groups is 1. The largest absolute Gasteiger partial charge is 0.507 e. The molecule has 2 aromatic carbocycles. The van der Waals surface area contributed by atoms with Crippen molar-refractivity contribution in [1.82, 2.24) is 10.2 Å². The van der Waals surface area contributed by atoms with Crippen LogP contribution in [0.15, 0.2) is 47.3 Å². The molecule has 0 radical (unpaired) electrons. The molecule has 0 amide bonds. The van der Waals surface area contributed by atoms with E-state index in [-0.39, 0.29) is 11.3 Å². The number of benzene rings is 2. The molecule has 0 fully saturated rings. The summed E-state index contributed by atoms with van der Waals surface area (Å²) in [5, 5.41) is 18.1. The van der Waals surface area contributed by atoms with E-state index in [2.05, 4.69) is 10.2 Å². The van der Waals surface area contributed by atoms with Gasteiger partial charge in [0.25, 0.3) is 5.56 Å². The summed E-state index contributed by atoms with van der Waals surface area (Å²) in [4.78, 5) is 11.7. The molecule has 1 heterocycles. The Labute approximate surface area is 113 Å². The van der Waals surface area contributed by atoms with Crippen molar-refractivity contribution in [3.63, 3.8) is 0 Å². The number of aromatic nitrogens is 2. The Hall–Kier alpha value is -2.33. The van der Waals surface area contributed by atoms with E-state index < -0.39 is 0 Å². The van der Waals surface area contributed by atoms with Crippen molar-refractivity contribution >= 4 is 22.4 Å². The standard InChI is InChI=1S/C14H9ClN2O2/c15-8-5-6-12(18)11(7-8)13-9-3-1-2-4-10(9)14(19)17-16-13/h1-7,18H,(H,17,19). The second kappa shape index (κ2) is 4.40. The molecule has 0 unspecified atom stereocenters. The quantitative estimate of drug-likeness (QED) is 0.716. The van der Waals surface area contributed by atoms with Gasteiger partial charge in [0.1, 0.15) is 11.4 Å². The minimum absolute atomic E-state index is 0.0640. The molecule has 94 valence electrons. The number of fused-ring (bicyclic) bond motifs is 1. The summed E-state index contributed by atoms with van der Waals surface area (Å²) in [6.07, 6.45) is 0. The van der Waals surface area contributed by atoms with E-state index in [4.69, 9.17) is 11.6 Å². The van der Waals surface area contributed by atoms with Crippen molar-refractivity contribution in [2.45, 2.75) is 0 Å². The minimum atomic E-state index is -0.263. The van der Waals surface area contributed by atoms with Gasteiger partial charge >= 0.3 is 0 Å². The zero-order valence-electron chi connectivity index (χ0n) is 9.72. The molecule has 0 aliphatic heterocycles. The van der Waals surface area contributed by atoms with Crippen LogP contribution in [0.2, 0.25) is 5.02 Å². The number of hydrogen-bond donors (Lipinski definition) is 2. The monoisotopic (exact) mass is 272 g/mol. The number of nitrogens with zero attached hydrogens (tertiary/aromatic N) is 1. The van der Waals surface area contributed by atoms with Crippen LogP contribution < -0.4 is 5.56 Å². The van der Waals surface area contributed by atoms with E-state index >= 15 is 0 Å². The lowest BCUT2D eigenvalue weighted by atomic mass is 10.0. The Morgan fingerprint density at radius 3 is 2.63 bits per heavy atom. The van der Waals surface area contributed by atoms with Gasteiger partial charge < -0.3 is 5.11 Å².